The average molecular weight is 244 g/mol. The first-order valence-corrected chi connectivity index (χ1v) is 5.72. The lowest BCUT2D eigenvalue weighted by Crippen LogP contribution is -2.22. The van der Waals surface area contributed by atoms with Gasteiger partial charge in [-0.1, -0.05) is 0 Å². The van der Waals surface area contributed by atoms with E-state index in [9.17, 15) is 4.79 Å². The van der Waals surface area contributed by atoms with Crippen molar-refractivity contribution in [2.24, 2.45) is 7.05 Å². The largest absolute Gasteiger partial charge is 0.388 e. The van der Waals surface area contributed by atoms with Crippen LogP contribution in [-0.4, -0.2) is 22.7 Å². The molecule has 1 amide bonds. The van der Waals surface area contributed by atoms with Gasteiger partial charge in [-0.25, -0.2) is 0 Å². The second-order valence-electron chi connectivity index (χ2n) is 4.03. The van der Waals surface area contributed by atoms with Gasteiger partial charge in [0.15, 0.2) is 0 Å². The van der Waals surface area contributed by atoms with E-state index in [4.69, 9.17) is 0 Å². The van der Waals surface area contributed by atoms with Crippen LogP contribution >= 0.6 is 0 Å². The number of hydrogen-bond acceptors (Lipinski definition) is 3. The van der Waals surface area contributed by atoms with Crippen molar-refractivity contribution in [3.8, 4) is 0 Å². The highest BCUT2D eigenvalue weighted by Crippen LogP contribution is 2.08. The van der Waals surface area contributed by atoms with Crippen molar-refractivity contribution >= 4 is 11.6 Å². The third-order valence-electron chi connectivity index (χ3n) is 2.65. The summed E-state index contributed by atoms with van der Waals surface area (Å²) in [5.41, 5.74) is 2.62. The predicted molar refractivity (Wildman–Crippen MR) is 70.4 cm³/mol. The number of rotatable bonds is 4. The molecule has 1 aromatic heterocycles. The van der Waals surface area contributed by atoms with Crippen molar-refractivity contribution in [2.75, 3.05) is 12.4 Å². The second-order valence-corrected chi connectivity index (χ2v) is 4.03. The lowest BCUT2D eigenvalue weighted by atomic mass is 10.2. The molecule has 0 aliphatic carbocycles. The summed E-state index contributed by atoms with van der Waals surface area (Å²) in [5.74, 6) is -0.0819. The van der Waals surface area contributed by atoms with Gasteiger partial charge in [-0.05, 0) is 24.3 Å². The van der Waals surface area contributed by atoms with E-state index in [1.807, 2.05) is 32.4 Å². The lowest BCUT2D eigenvalue weighted by molar-refractivity contribution is 0.0951. The Morgan fingerprint density at radius 3 is 2.61 bits per heavy atom. The molecule has 18 heavy (non-hydrogen) atoms. The molecule has 0 radical (unpaired) electrons. The number of amides is 1. The van der Waals surface area contributed by atoms with Crippen LogP contribution in [0.4, 0.5) is 5.69 Å². The van der Waals surface area contributed by atoms with E-state index in [1.54, 1.807) is 23.0 Å². The monoisotopic (exact) mass is 244 g/mol. The van der Waals surface area contributed by atoms with Crippen molar-refractivity contribution in [3.63, 3.8) is 0 Å². The molecular formula is C13H16N4O. The van der Waals surface area contributed by atoms with Crippen LogP contribution < -0.4 is 10.6 Å². The zero-order chi connectivity index (χ0) is 13.0. The molecule has 2 N–H and O–H groups in total. The molecule has 5 heteroatoms. The number of nitrogens with one attached hydrogen (secondary N) is 2. The van der Waals surface area contributed by atoms with E-state index in [-0.39, 0.29) is 5.91 Å². The number of benzene rings is 1. The van der Waals surface area contributed by atoms with Gasteiger partial charge in [-0.15, -0.1) is 0 Å². The van der Waals surface area contributed by atoms with Gasteiger partial charge < -0.3 is 10.6 Å². The molecule has 1 heterocycles. The van der Waals surface area contributed by atoms with Crippen molar-refractivity contribution in [1.29, 1.82) is 0 Å². The fourth-order valence-corrected chi connectivity index (χ4v) is 1.64. The van der Waals surface area contributed by atoms with Gasteiger partial charge in [0.2, 0.25) is 0 Å². The third-order valence-corrected chi connectivity index (χ3v) is 2.65. The number of carbonyl (C=O) groups is 1. The summed E-state index contributed by atoms with van der Waals surface area (Å²) in [6.07, 6.45) is 3.62. The number of aryl methyl sites for hydroxylation is 1. The van der Waals surface area contributed by atoms with Gasteiger partial charge in [0, 0.05) is 43.7 Å². The Kier molecular flexibility index (Phi) is 3.62. The average Bonchev–Trinajstić information content (AvgIpc) is 2.82. The van der Waals surface area contributed by atoms with Crippen LogP contribution in [0, 0.1) is 0 Å². The normalized spacial score (nSPS) is 10.1. The lowest BCUT2D eigenvalue weighted by Gasteiger charge is -2.05. The molecule has 0 atom stereocenters. The Labute approximate surface area is 106 Å². The number of hydrogen-bond donors (Lipinski definition) is 2. The summed E-state index contributed by atoms with van der Waals surface area (Å²) in [6, 6.07) is 7.34. The predicted octanol–water partition coefficient (Wildman–Crippen LogP) is 1.39. The fourth-order valence-electron chi connectivity index (χ4n) is 1.64. The van der Waals surface area contributed by atoms with Crippen LogP contribution in [0.2, 0.25) is 0 Å². The molecule has 0 saturated carbocycles. The molecule has 0 fully saturated rings. The highest BCUT2D eigenvalue weighted by molar-refractivity contribution is 5.94. The van der Waals surface area contributed by atoms with E-state index >= 15 is 0 Å². The van der Waals surface area contributed by atoms with Crippen molar-refractivity contribution in [3.05, 3.63) is 47.8 Å². The smallest absolute Gasteiger partial charge is 0.251 e. The summed E-state index contributed by atoms with van der Waals surface area (Å²) < 4.78 is 1.71. The van der Waals surface area contributed by atoms with Gasteiger partial charge in [-0.3, -0.25) is 9.48 Å². The summed E-state index contributed by atoms with van der Waals surface area (Å²) in [6.45, 7) is 0.487. The maximum absolute atomic E-state index is 11.9. The topological polar surface area (TPSA) is 59.0 Å². The van der Waals surface area contributed by atoms with E-state index in [0.717, 1.165) is 11.3 Å². The Morgan fingerprint density at radius 2 is 2.06 bits per heavy atom. The summed E-state index contributed by atoms with van der Waals surface area (Å²) >= 11 is 0. The summed E-state index contributed by atoms with van der Waals surface area (Å²) in [4.78, 5) is 11.9. The molecule has 1 aromatic carbocycles. The van der Waals surface area contributed by atoms with Crippen molar-refractivity contribution < 1.29 is 4.79 Å². The molecule has 94 valence electrons. The fraction of sp³-hybridized carbons (Fsp3) is 0.231. The van der Waals surface area contributed by atoms with Gasteiger partial charge in [0.05, 0.1) is 6.20 Å². The highest BCUT2D eigenvalue weighted by atomic mass is 16.1. The third kappa shape index (κ3) is 2.88. The Hall–Kier alpha value is -2.30. The molecule has 0 bridgehead atoms. The highest BCUT2D eigenvalue weighted by Gasteiger charge is 2.05. The maximum Gasteiger partial charge on any atom is 0.251 e. The summed E-state index contributed by atoms with van der Waals surface area (Å²) in [7, 11) is 3.69. The van der Waals surface area contributed by atoms with Crippen LogP contribution in [0.1, 0.15) is 15.9 Å². The summed E-state index contributed by atoms with van der Waals surface area (Å²) in [5, 5.41) is 9.91. The van der Waals surface area contributed by atoms with Gasteiger partial charge in [0.25, 0.3) is 5.91 Å². The number of anilines is 1. The van der Waals surface area contributed by atoms with Crippen LogP contribution in [0.25, 0.3) is 0 Å². The molecule has 0 aliphatic rings. The van der Waals surface area contributed by atoms with E-state index in [2.05, 4.69) is 15.7 Å². The van der Waals surface area contributed by atoms with E-state index in [1.165, 1.54) is 0 Å². The van der Waals surface area contributed by atoms with Gasteiger partial charge in [0.1, 0.15) is 0 Å². The standard InChI is InChI=1S/C13H16N4O/c1-14-12-5-3-11(4-6-12)13(18)15-7-10-8-16-17(2)9-10/h3-6,8-9,14H,7H2,1-2H3,(H,15,18). The van der Waals surface area contributed by atoms with Crippen molar-refractivity contribution in [2.45, 2.75) is 6.54 Å². The zero-order valence-corrected chi connectivity index (χ0v) is 10.5. The molecule has 0 aliphatic heterocycles. The first kappa shape index (κ1) is 12.2. The van der Waals surface area contributed by atoms with E-state index < -0.39 is 0 Å². The maximum atomic E-state index is 11.9. The van der Waals surface area contributed by atoms with Gasteiger partial charge in [-0.2, -0.15) is 5.10 Å². The molecular weight excluding hydrogens is 228 g/mol. The minimum atomic E-state index is -0.0819. The van der Waals surface area contributed by atoms with Crippen LogP contribution in [0.15, 0.2) is 36.7 Å². The van der Waals surface area contributed by atoms with Crippen molar-refractivity contribution in [1.82, 2.24) is 15.1 Å². The van der Waals surface area contributed by atoms with Gasteiger partial charge >= 0.3 is 0 Å². The molecule has 2 aromatic rings. The minimum Gasteiger partial charge on any atom is -0.388 e. The molecule has 0 saturated heterocycles. The number of carbonyl (C=O) groups excluding carboxylic acids is 1. The number of nitrogens with zero attached hydrogens (tertiary/aromatic N) is 2. The molecule has 2 rings (SSSR count). The Morgan fingerprint density at radius 1 is 1.33 bits per heavy atom. The van der Waals surface area contributed by atoms with Crippen LogP contribution in [0.3, 0.4) is 0 Å². The zero-order valence-electron chi connectivity index (χ0n) is 10.5. The Balaban J connectivity index is 1.94. The van der Waals surface area contributed by atoms with Crippen LogP contribution in [-0.2, 0) is 13.6 Å². The SMILES string of the molecule is CNc1ccc(C(=O)NCc2cnn(C)c2)cc1. The Bertz CT molecular complexity index is 530. The molecule has 0 spiro atoms. The minimum absolute atomic E-state index is 0.0819. The molecule has 5 nitrogen and oxygen atoms in total. The molecule has 0 unspecified atom stereocenters. The van der Waals surface area contributed by atoms with E-state index in [0.29, 0.717) is 12.1 Å². The second kappa shape index (κ2) is 5.35. The number of aromatic nitrogens is 2. The first-order valence-electron chi connectivity index (χ1n) is 5.72. The quantitative estimate of drug-likeness (QED) is 0.854. The van der Waals surface area contributed by atoms with Crippen LogP contribution in [0.5, 0.6) is 0 Å². The first-order chi connectivity index (χ1) is 8.69.